The minimum absolute atomic E-state index is 0.149. The van der Waals surface area contributed by atoms with E-state index in [0.29, 0.717) is 16.8 Å². The lowest BCUT2D eigenvalue weighted by Gasteiger charge is -2.35. The van der Waals surface area contributed by atoms with Crippen molar-refractivity contribution in [2.24, 2.45) is 5.10 Å². The van der Waals surface area contributed by atoms with Crippen LogP contribution in [-0.2, 0) is 0 Å². The average Bonchev–Trinajstić information content (AvgIpc) is 2.64. The van der Waals surface area contributed by atoms with Crippen LogP contribution in [0, 0.1) is 0 Å². The molecule has 9 heteroatoms. The molecule has 0 atom stereocenters. The Bertz CT molecular complexity index is 696. The van der Waals surface area contributed by atoms with E-state index < -0.39 is 17.8 Å². The number of rotatable bonds is 3. The smallest absolute Gasteiger partial charge is 0.335 e. The number of hydrogen-bond donors (Lipinski definition) is 0. The minimum Gasteiger partial charge on any atom is -0.335 e. The quantitative estimate of drug-likeness (QED) is 0.608. The number of amides is 3. The highest BCUT2D eigenvalue weighted by Crippen LogP contribution is 2.25. The van der Waals surface area contributed by atoms with Crippen LogP contribution in [-0.4, -0.2) is 65.8 Å². The fraction of sp³-hybridized carbons (Fsp3) is 0.353. The van der Waals surface area contributed by atoms with Gasteiger partial charge in [0, 0.05) is 50.2 Å². The summed E-state index contributed by atoms with van der Waals surface area (Å²) in [4.78, 5) is 27.6. The number of hydrazone groups is 1. The lowest BCUT2D eigenvalue weighted by molar-refractivity contribution is -0.0922. The third-order valence-electron chi connectivity index (χ3n) is 3.97. The van der Waals surface area contributed by atoms with Gasteiger partial charge in [0.25, 0.3) is 5.91 Å². The number of carbonyl (C=O) groups is 2. The second-order valence-corrected chi connectivity index (χ2v) is 5.72. The molecule has 26 heavy (non-hydrogen) atoms. The highest BCUT2D eigenvalue weighted by Gasteiger charge is 2.32. The molecule has 0 N–H and O–H groups in total. The van der Waals surface area contributed by atoms with Crippen LogP contribution in [0.15, 0.2) is 47.2 Å². The molecule has 1 aromatic rings. The van der Waals surface area contributed by atoms with Gasteiger partial charge in [-0.3, -0.25) is 4.79 Å². The zero-order valence-corrected chi connectivity index (χ0v) is 14.2. The monoisotopic (exact) mass is 368 g/mol. The summed E-state index contributed by atoms with van der Waals surface area (Å²) in [5, 5.41) is 3.92. The number of halogens is 3. The number of carbonyl (C=O) groups excluding carboxylic acids is 2. The predicted molar refractivity (Wildman–Crippen MR) is 90.5 cm³/mol. The fourth-order valence-corrected chi connectivity index (χ4v) is 2.42. The van der Waals surface area contributed by atoms with Crippen LogP contribution in [0.4, 0.5) is 18.0 Å². The van der Waals surface area contributed by atoms with Gasteiger partial charge < -0.3 is 9.80 Å². The number of benzene rings is 1. The van der Waals surface area contributed by atoms with Gasteiger partial charge in [-0.25, -0.2) is 4.79 Å². The Hall–Kier alpha value is -2.84. The molecule has 0 aliphatic carbocycles. The van der Waals surface area contributed by atoms with E-state index >= 15 is 0 Å². The molecule has 0 aromatic heterocycles. The minimum atomic E-state index is -4.55. The van der Waals surface area contributed by atoms with E-state index in [1.165, 1.54) is 4.90 Å². The number of nitrogens with zero attached hydrogens (tertiary/aromatic N) is 4. The van der Waals surface area contributed by atoms with Crippen LogP contribution in [0.25, 0.3) is 0 Å². The van der Waals surface area contributed by atoms with Crippen molar-refractivity contribution >= 4 is 18.7 Å². The van der Waals surface area contributed by atoms with Gasteiger partial charge in [-0.05, 0) is 19.1 Å². The van der Waals surface area contributed by atoms with Crippen molar-refractivity contribution in [3.63, 3.8) is 0 Å². The SMILES string of the molecule is C=NN(/C=C(\C)C(F)(F)F)C(=O)N1CCN(C(=O)c2ccccc2)CC1. The Labute approximate surface area is 149 Å². The molecule has 0 bridgehead atoms. The molecule has 1 aliphatic rings. The van der Waals surface area contributed by atoms with Crippen LogP contribution in [0.5, 0.6) is 0 Å². The largest absolute Gasteiger partial charge is 0.413 e. The Kier molecular flexibility index (Phi) is 6.01. The van der Waals surface area contributed by atoms with E-state index in [9.17, 15) is 22.8 Å². The molecule has 1 aliphatic heterocycles. The van der Waals surface area contributed by atoms with Crippen molar-refractivity contribution in [1.29, 1.82) is 0 Å². The van der Waals surface area contributed by atoms with Gasteiger partial charge in [0.15, 0.2) is 0 Å². The number of piperazine rings is 1. The Balaban J connectivity index is 1.99. The standard InChI is InChI=1S/C17H19F3N4O2/c1-13(17(18,19)20)12-24(21-2)16(26)23-10-8-22(9-11-23)15(25)14-6-4-3-5-7-14/h3-7,12H,2,8-11H2,1H3/b13-12+. The van der Waals surface area contributed by atoms with E-state index in [0.717, 1.165) is 6.92 Å². The predicted octanol–water partition coefficient (Wildman–Crippen LogP) is 2.95. The Morgan fingerprint density at radius 2 is 1.65 bits per heavy atom. The lowest BCUT2D eigenvalue weighted by Crippen LogP contribution is -2.52. The molecule has 1 aromatic carbocycles. The number of hydrogen-bond acceptors (Lipinski definition) is 3. The first-order valence-corrected chi connectivity index (χ1v) is 7.88. The maximum atomic E-state index is 12.6. The maximum absolute atomic E-state index is 12.6. The summed E-state index contributed by atoms with van der Waals surface area (Å²) < 4.78 is 37.9. The molecule has 1 heterocycles. The summed E-state index contributed by atoms with van der Waals surface area (Å²) in [6.07, 6.45) is -3.94. The fourth-order valence-electron chi connectivity index (χ4n) is 2.42. The van der Waals surface area contributed by atoms with Crippen molar-refractivity contribution in [2.75, 3.05) is 26.2 Å². The first kappa shape index (κ1) is 19.5. The molecule has 140 valence electrons. The molecule has 0 unspecified atom stereocenters. The van der Waals surface area contributed by atoms with Gasteiger partial charge >= 0.3 is 12.2 Å². The summed E-state index contributed by atoms with van der Waals surface area (Å²) in [6.45, 7) is 4.96. The zero-order valence-electron chi connectivity index (χ0n) is 14.2. The Morgan fingerprint density at radius 3 is 2.15 bits per heavy atom. The molecular formula is C17H19F3N4O2. The summed E-state index contributed by atoms with van der Waals surface area (Å²) in [5.41, 5.74) is -0.415. The van der Waals surface area contributed by atoms with Crippen molar-refractivity contribution in [3.8, 4) is 0 Å². The van der Waals surface area contributed by atoms with Gasteiger partial charge in [-0.2, -0.15) is 23.3 Å². The van der Waals surface area contributed by atoms with E-state index in [-0.39, 0.29) is 32.1 Å². The second-order valence-electron chi connectivity index (χ2n) is 5.72. The summed E-state index contributed by atoms with van der Waals surface area (Å²) in [7, 11) is 0. The number of urea groups is 1. The molecular weight excluding hydrogens is 349 g/mol. The number of alkyl halides is 3. The van der Waals surface area contributed by atoms with E-state index in [4.69, 9.17) is 0 Å². The van der Waals surface area contributed by atoms with E-state index in [2.05, 4.69) is 11.8 Å². The van der Waals surface area contributed by atoms with Gasteiger partial charge in [0.2, 0.25) is 0 Å². The molecule has 2 rings (SSSR count). The topological polar surface area (TPSA) is 56.2 Å². The van der Waals surface area contributed by atoms with Crippen LogP contribution < -0.4 is 0 Å². The van der Waals surface area contributed by atoms with Gasteiger partial charge in [0.05, 0.1) is 0 Å². The molecule has 0 saturated carbocycles. The highest BCUT2D eigenvalue weighted by atomic mass is 19.4. The van der Waals surface area contributed by atoms with Crippen molar-refractivity contribution in [3.05, 3.63) is 47.7 Å². The van der Waals surface area contributed by atoms with Crippen LogP contribution in [0.3, 0.4) is 0 Å². The normalized spacial score (nSPS) is 15.6. The van der Waals surface area contributed by atoms with E-state index in [1.54, 1.807) is 35.2 Å². The third kappa shape index (κ3) is 4.62. The van der Waals surface area contributed by atoms with Gasteiger partial charge in [0.1, 0.15) is 0 Å². The summed E-state index contributed by atoms with van der Waals surface area (Å²) >= 11 is 0. The third-order valence-corrected chi connectivity index (χ3v) is 3.97. The Morgan fingerprint density at radius 1 is 1.12 bits per heavy atom. The maximum Gasteiger partial charge on any atom is 0.413 e. The highest BCUT2D eigenvalue weighted by molar-refractivity contribution is 5.94. The van der Waals surface area contributed by atoms with Crippen LogP contribution in [0.1, 0.15) is 17.3 Å². The molecule has 3 amide bonds. The van der Waals surface area contributed by atoms with Crippen molar-refractivity contribution in [2.45, 2.75) is 13.1 Å². The molecule has 1 fully saturated rings. The first-order valence-electron chi connectivity index (χ1n) is 7.88. The summed E-state index contributed by atoms with van der Waals surface area (Å²) in [5.74, 6) is -0.149. The van der Waals surface area contributed by atoms with Gasteiger partial charge in [-0.1, -0.05) is 18.2 Å². The van der Waals surface area contributed by atoms with Crippen LogP contribution >= 0.6 is 0 Å². The molecule has 0 radical (unpaired) electrons. The molecule has 1 saturated heterocycles. The van der Waals surface area contributed by atoms with E-state index in [1.807, 2.05) is 0 Å². The van der Waals surface area contributed by atoms with Crippen molar-refractivity contribution < 1.29 is 22.8 Å². The molecule has 6 nitrogen and oxygen atoms in total. The van der Waals surface area contributed by atoms with Gasteiger partial charge in [-0.15, -0.1) is 0 Å². The molecule has 0 spiro atoms. The second kappa shape index (κ2) is 8.03. The average molecular weight is 368 g/mol. The van der Waals surface area contributed by atoms with Crippen LogP contribution in [0.2, 0.25) is 0 Å². The summed E-state index contributed by atoms with van der Waals surface area (Å²) in [6, 6.07) is 8.02. The van der Waals surface area contributed by atoms with Crippen molar-refractivity contribution in [1.82, 2.24) is 14.8 Å². The first-order chi connectivity index (χ1) is 12.2. The zero-order chi connectivity index (χ0) is 19.3. The number of allylic oxidation sites excluding steroid dienone is 1. The lowest BCUT2D eigenvalue weighted by atomic mass is 10.2.